The molecule has 0 N–H and O–H groups in total. The summed E-state index contributed by atoms with van der Waals surface area (Å²) in [5, 5.41) is 0. The SMILES string of the molecule is CCc1ncnc(CC)c1C(=O)N1CCC(C2CCOCC2)C1. The van der Waals surface area contributed by atoms with E-state index in [1.165, 1.54) is 0 Å². The van der Waals surface area contributed by atoms with Crippen LogP contribution in [0, 0.1) is 11.8 Å². The first-order chi connectivity index (χ1) is 11.2. The first kappa shape index (κ1) is 16.4. The molecule has 2 fully saturated rings. The molecule has 2 aliphatic heterocycles. The molecule has 1 amide bonds. The second-order valence-corrected chi connectivity index (χ2v) is 6.60. The topological polar surface area (TPSA) is 55.3 Å². The Kier molecular flexibility index (Phi) is 5.26. The molecule has 0 spiro atoms. The maximum atomic E-state index is 13.1. The van der Waals surface area contributed by atoms with Crippen molar-refractivity contribution in [2.75, 3.05) is 26.3 Å². The average molecular weight is 317 g/mol. The van der Waals surface area contributed by atoms with E-state index < -0.39 is 0 Å². The maximum absolute atomic E-state index is 13.1. The highest BCUT2D eigenvalue weighted by Crippen LogP contribution is 2.32. The number of hydrogen-bond acceptors (Lipinski definition) is 4. The molecule has 1 aromatic rings. The van der Waals surface area contributed by atoms with Crippen LogP contribution in [0.15, 0.2) is 6.33 Å². The van der Waals surface area contributed by atoms with E-state index in [2.05, 4.69) is 9.97 Å². The minimum Gasteiger partial charge on any atom is -0.381 e. The van der Waals surface area contributed by atoms with Gasteiger partial charge < -0.3 is 9.64 Å². The zero-order valence-electron chi connectivity index (χ0n) is 14.3. The highest BCUT2D eigenvalue weighted by molar-refractivity contribution is 5.96. The lowest BCUT2D eigenvalue weighted by Crippen LogP contribution is -2.32. The highest BCUT2D eigenvalue weighted by atomic mass is 16.5. The minimum absolute atomic E-state index is 0.133. The molecule has 3 heterocycles. The molecule has 1 atom stereocenters. The number of rotatable bonds is 4. The van der Waals surface area contributed by atoms with E-state index in [-0.39, 0.29) is 5.91 Å². The molecule has 1 unspecified atom stereocenters. The lowest BCUT2D eigenvalue weighted by molar-refractivity contribution is 0.0471. The van der Waals surface area contributed by atoms with Crippen LogP contribution in [0.5, 0.6) is 0 Å². The number of aryl methyl sites for hydroxylation is 2. The van der Waals surface area contributed by atoms with Crippen LogP contribution in [0.3, 0.4) is 0 Å². The van der Waals surface area contributed by atoms with E-state index in [1.54, 1.807) is 6.33 Å². The molecule has 126 valence electrons. The zero-order valence-corrected chi connectivity index (χ0v) is 14.3. The zero-order chi connectivity index (χ0) is 16.2. The van der Waals surface area contributed by atoms with Gasteiger partial charge in [-0.05, 0) is 43.9 Å². The Labute approximate surface area is 138 Å². The largest absolute Gasteiger partial charge is 0.381 e. The lowest BCUT2D eigenvalue weighted by Gasteiger charge is -2.27. The molecule has 1 aromatic heterocycles. The summed E-state index contributed by atoms with van der Waals surface area (Å²) in [4.78, 5) is 23.7. The maximum Gasteiger partial charge on any atom is 0.257 e. The van der Waals surface area contributed by atoms with E-state index in [9.17, 15) is 4.79 Å². The summed E-state index contributed by atoms with van der Waals surface area (Å²) in [5.74, 6) is 1.47. The van der Waals surface area contributed by atoms with Crippen LogP contribution in [-0.4, -0.2) is 47.1 Å². The minimum atomic E-state index is 0.133. The summed E-state index contributed by atoms with van der Waals surface area (Å²) in [6.45, 7) is 7.59. The van der Waals surface area contributed by atoms with E-state index in [0.29, 0.717) is 11.8 Å². The number of carbonyl (C=O) groups is 1. The molecule has 0 saturated carbocycles. The van der Waals surface area contributed by atoms with E-state index >= 15 is 0 Å². The molecule has 0 aliphatic carbocycles. The number of hydrogen-bond donors (Lipinski definition) is 0. The molecule has 0 radical (unpaired) electrons. The molecular weight excluding hydrogens is 290 g/mol. The molecule has 2 aliphatic rings. The average Bonchev–Trinajstić information content (AvgIpc) is 3.11. The smallest absolute Gasteiger partial charge is 0.257 e. The van der Waals surface area contributed by atoms with Gasteiger partial charge in [0.2, 0.25) is 0 Å². The quantitative estimate of drug-likeness (QED) is 0.856. The van der Waals surface area contributed by atoms with Crippen molar-refractivity contribution in [3.8, 4) is 0 Å². The van der Waals surface area contributed by atoms with Crippen LogP contribution < -0.4 is 0 Å². The molecule has 0 aromatic carbocycles. The van der Waals surface area contributed by atoms with Crippen LogP contribution in [0.2, 0.25) is 0 Å². The molecule has 23 heavy (non-hydrogen) atoms. The third-order valence-electron chi connectivity index (χ3n) is 5.33. The van der Waals surface area contributed by atoms with Gasteiger partial charge in [0.05, 0.1) is 17.0 Å². The summed E-state index contributed by atoms with van der Waals surface area (Å²) < 4.78 is 5.47. The fourth-order valence-corrected chi connectivity index (χ4v) is 3.95. The second kappa shape index (κ2) is 7.39. The lowest BCUT2D eigenvalue weighted by atomic mass is 9.85. The third-order valence-corrected chi connectivity index (χ3v) is 5.33. The Hall–Kier alpha value is -1.49. The molecule has 0 bridgehead atoms. The number of likely N-dealkylation sites (tertiary alicyclic amines) is 1. The van der Waals surface area contributed by atoms with Crippen molar-refractivity contribution in [3.63, 3.8) is 0 Å². The van der Waals surface area contributed by atoms with Crippen LogP contribution in [-0.2, 0) is 17.6 Å². The first-order valence-electron chi connectivity index (χ1n) is 8.94. The van der Waals surface area contributed by atoms with Gasteiger partial charge in [0.15, 0.2) is 0 Å². The summed E-state index contributed by atoms with van der Waals surface area (Å²) in [5.41, 5.74) is 2.53. The summed E-state index contributed by atoms with van der Waals surface area (Å²) in [6.07, 6.45) is 6.53. The predicted octanol–water partition coefficient (Wildman–Crippen LogP) is 2.49. The van der Waals surface area contributed by atoms with Crippen molar-refractivity contribution in [1.29, 1.82) is 0 Å². The van der Waals surface area contributed by atoms with Gasteiger partial charge >= 0.3 is 0 Å². The summed E-state index contributed by atoms with van der Waals surface area (Å²) >= 11 is 0. The Bertz CT molecular complexity index is 533. The van der Waals surface area contributed by atoms with Gasteiger partial charge in [-0.2, -0.15) is 0 Å². The number of carbonyl (C=O) groups excluding carboxylic acids is 1. The highest BCUT2D eigenvalue weighted by Gasteiger charge is 2.34. The Balaban J connectivity index is 1.74. The predicted molar refractivity (Wildman–Crippen MR) is 88.3 cm³/mol. The van der Waals surface area contributed by atoms with E-state index in [1.807, 2.05) is 18.7 Å². The van der Waals surface area contributed by atoms with E-state index in [4.69, 9.17) is 4.74 Å². The van der Waals surface area contributed by atoms with Gasteiger partial charge in [0.1, 0.15) is 6.33 Å². The summed E-state index contributed by atoms with van der Waals surface area (Å²) in [6, 6.07) is 0. The number of nitrogens with zero attached hydrogens (tertiary/aromatic N) is 3. The molecule has 5 heteroatoms. The van der Waals surface area contributed by atoms with Gasteiger partial charge in [0.25, 0.3) is 5.91 Å². The number of amides is 1. The molecular formula is C18H27N3O2. The van der Waals surface area contributed by atoms with Crippen LogP contribution in [0.25, 0.3) is 0 Å². The Morgan fingerprint density at radius 1 is 1.13 bits per heavy atom. The Morgan fingerprint density at radius 2 is 1.78 bits per heavy atom. The van der Waals surface area contributed by atoms with Crippen LogP contribution in [0.4, 0.5) is 0 Å². The molecule has 3 rings (SSSR count). The van der Waals surface area contributed by atoms with Crippen molar-refractivity contribution < 1.29 is 9.53 Å². The third kappa shape index (κ3) is 3.39. The van der Waals surface area contributed by atoms with Gasteiger partial charge in [-0.25, -0.2) is 9.97 Å². The van der Waals surface area contributed by atoms with Crippen molar-refractivity contribution >= 4 is 5.91 Å². The van der Waals surface area contributed by atoms with Gasteiger partial charge in [-0.15, -0.1) is 0 Å². The van der Waals surface area contributed by atoms with Gasteiger partial charge in [-0.1, -0.05) is 13.8 Å². The van der Waals surface area contributed by atoms with Crippen LogP contribution in [0.1, 0.15) is 54.9 Å². The van der Waals surface area contributed by atoms with Gasteiger partial charge in [0, 0.05) is 26.3 Å². The second-order valence-electron chi connectivity index (χ2n) is 6.60. The molecule has 2 saturated heterocycles. The normalized spacial score (nSPS) is 22.5. The standard InChI is InChI=1S/C18H27N3O2/c1-3-15-17(16(4-2)20-12-19-15)18(22)21-8-5-14(11-21)13-6-9-23-10-7-13/h12-14H,3-11H2,1-2H3. The fraction of sp³-hybridized carbons (Fsp3) is 0.722. The van der Waals surface area contributed by atoms with Gasteiger partial charge in [-0.3, -0.25) is 4.79 Å². The van der Waals surface area contributed by atoms with Crippen LogP contribution >= 0.6 is 0 Å². The van der Waals surface area contributed by atoms with Crippen molar-refractivity contribution in [3.05, 3.63) is 23.3 Å². The molecule has 5 nitrogen and oxygen atoms in total. The monoisotopic (exact) mass is 317 g/mol. The summed E-state index contributed by atoms with van der Waals surface area (Å²) in [7, 11) is 0. The van der Waals surface area contributed by atoms with Crippen molar-refractivity contribution in [1.82, 2.24) is 14.9 Å². The Morgan fingerprint density at radius 3 is 2.39 bits per heavy atom. The number of ether oxygens (including phenoxy) is 1. The number of aromatic nitrogens is 2. The van der Waals surface area contributed by atoms with E-state index in [0.717, 1.165) is 75.4 Å². The first-order valence-corrected chi connectivity index (χ1v) is 8.94. The van der Waals surface area contributed by atoms with Crippen molar-refractivity contribution in [2.24, 2.45) is 11.8 Å². The fourth-order valence-electron chi connectivity index (χ4n) is 3.95. The van der Waals surface area contributed by atoms with Crippen molar-refractivity contribution in [2.45, 2.75) is 46.0 Å².